The van der Waals surface area contributed by atoms with Crippen LogP contribution >= 0.6 is 0 Å². The van der Waals surface area contributed by atoms with Crippen molar-refractivity contribution in [2.75, 3.05) is 0 Å². The van der Waals surface area contributed by atoms with Gasteiger partial charge in [-0.3, -0.25) is 9.59 Å². The van der Waals surface area contributed by atoms with E-state index in [1.165, 1.54) is 12.1 Å². The molecular formula is C21H14F2N2O2. The van der Waals surface area contributed by atoms with Crippen molar-refractivity contribution >= 4 is 21.8 Å². The Morgan fingerprint density at radius 2 is 1.44 bits per heavy atom. The van der Waals surface area contributed by atoms with E-state index >= 15 is 0 Å². The summed E-state index contributed by atoms with van der Waals surface area (Å²) in [7, 11) is 0. The molecule has 27 heavy (non-hydrogen) atoms. The molecule has 1 aliphatic rings. The standard InChI is InChI=1S/C21H14F2N2O2/c22-16-6-4-13(11-17(16)23)15-10-14-3-2-12-5-7-18(26)24-8-1-9-25(21(15)27)20(14)19(12)24/h2-7,10-11H,1,8-9H2. The summed E-state index contributed by atoms with van der Waals surface area (Å²) in [4.78, 5) is 25.5. The predicted octanol–water partition coefficient (Wildman–Crippen LogP) is 3.67. The average molecular weight is 364 g/mol. The summed E-state index contributed by atoms with van der Waals surface area (Å²) in [5.41, 5.74) is 1.73. The first-order chi connectivity index (χ1) is 13.0. The molecule has 134 valence electrons. The summed E-state index contributed by atoms with van der Waals surface area (Å²) in [5.74, 6) is -1.94. The highest BCUT2D eigenvalue weighted by atomic mass is 19.2. The van der Waals surface area contributed by atoms with Crippen LogP contribution in [0.15, 0.2) is 58.1 Å². The maximum absolute atomic E-state index is 13.7. The third-order valence-electron chi connectivity index (χ3n) is 5.19. The lowest BCUT2D eigenvalue weighted by Gasteiger charge is -2.14. The molecule has 0 saturated heterocycles. The molecule has 0 N–H and O–H groups in total. The van der Waals surface area contributed by atoms with E-state index in [-0.39, 0.29) is 11.1 Å². The minimum atomic E-state index is -0.991. The van der Waals surface area contributed by atoms with E-state index < -0.39 is 11.6 Å². The molecule has 0 aliphatic carbocycles. The predicted molar refractivity (Wildman–Crippen MR) is 99.9 cm³/mol. The van der Waals surface area contributed by atoms with E-state index in [0.29, 0.717) is 36.2 Å². The van der Waals surface area contributed by atoms with E-state index in [2.05, 4.69) is 0 Å². The first kappa shape index (κ1) is 15.9. The Labute approximate surface area is 151 Å². The zero-order valence-electron chi connectivity index (χ0n) is 14.2. The molecule has 0 atom stereocenters. The maximum Gasteiger partial charge on any atom is 0.258 e. The van der Waals surface area contributed by atoms with Gasteiger partial charge in [0.25, 0.3) is 11.1 Å². The van der Waals surface area contributed by atoms with Crippen molar-refractivity contribution < 1.29 is 8.78 Å². The van der Waals surface area contributed by atoms with Gasteiger partial charge in [0.05, 0.1) is 11.0 Å². The number of nitrogens with zero attached hydrogens (tertiary/aromatic N) is 2. The van der Waals surface area contributed by atoms with Gasteiger partial charge in [-0.2, -0.15) is 0 Å². The Kier molecular flexibility index (Phi) is 3.31. The van der Waals surface area contributed by atoms with Crippen molar-refractivity contribution in [3.63, 3.8) is 0 Å². The Balaban J connectivity index is 1.94. The van der Waals surface area contributed by atoms with E-state index in [9.17, 15) is 18.4 Å². The fraction of sp³-hybridized carbons (Fsp3) is 0.143. The van der Waals surface area contributed by atoms with Crippen LogP contribution in [0.5, 0.6) is 0 Å². The second-order valence-corrected chi connectivity index (χ2v) is 6.76. The Bertz CT molecular complexity index is 1370. The summed E-state index contributed by atoms with van der Waals surface area (Å²) in [5, 5.41) is 1.67. The molecule has 0 bridgehead atoms. The third-order valence-corrected chi connectivity index (χ3v) is 5.19. The van der Waals surface area contributed by atoms with Crippen LogP contribution in [0.3, 0.4) is 0 Å². The fourth-order valence-corrected chi connectivity index (χ4v) is 3.95. The molecule has 6 heteroatoms. The van der Waals surface area contributed by atoms with Gasteiger partial charge in [0.1, 0.15) is 0 Å². The highest BCUT2D eigenvalue weighted by Gasteiger charge is 2.19. The quantitative estimate of drug-likeness (QED) is 0.484. The van der Waals surface area contributed by atoms with Crippen molar-refractivity contribution in [2.45, 2.75) is 19.5 Å². The molecule has 1 aliphatic heterocycles. The first-order valence-corrected chi connectivity index (χ1v) is 8.70. The SMILES string of the molecule is O=c1ccc2ccc3cc(-c4ccc(F)c(F)c4)c(=O)n4c3c2n1CCC4. The van der Waals surface area contributed by atoms with Crippen LogP contribution in [0.25, 0.3) is 32.9 Å². The van der Waals surface area contributed by atoms with Gasteiger partial charge in [-0.15, -0.1) is 0 Å². The van der Waals surface area contributed by atoms with Gasteiger partial charge in [-0.25, -0.2) is 8.78 Å². The monoisotopic (exact) mass is 364 g/mol. The molecule has 0 unspecified atom stereocenters. The van der Waals surface area contributed by atoms with E-state index in [1.807, 2.05) is 12.1 Å². The summed E-state index contributed by atoms with van der Waals surface area (Å²) in [6.45, 7) is 0.976. The molecule has 0 amide bonds. The van der Waals surface area contributed by atoms with Crippen molar-refractivity contribution in [1.82, 2.24) is 9.13 Å². The topological polar surface area (TPSA) is 44.0 Å². The number of aryl methyl sites for hydroxylation is 2. The van der Waals surface area contributed by atoms with Gasteiger partial charge in [-0.05, 0) is 36.2 Å². The molecule has 0 saturated carbocycles. The zero-order chi connectivity index (χ0) is 18.7. The fourth-order valence-electron chi connectivity index (χ4n) is 3.95. The summed E-state index contributed by atoms with van der Waals surface area (Å²) in [6, 6.07) is 12.2. The van der Waals surface area contributed by atoms with E-state index in [4.69, 9.17) is 0 Å². The van der Waals surface area contributed by atoms with Gasteiger partial charge in [0.15, 0.2) is 11.6 Å². The van der Waals surface area contributed by atoms with Crippen LogP contribution < -0.4 is 11.1 Å². The molecule has 0 spiro atoms. The first-order valence-electron chi connectivity index (χ1n) is 8.70. The maximum atomic E-state index is 13.7. The van der Waals surface area contributed by atoms with Crippen LogP contribution in [0.2, 0.25) is 0 Å². The molecule has 0 fully saturated rings. The molecule has 4 aromatic rings. The van der Waals surface area contributed by atoms with Crippen LogP contribution in [0.4, 0.5) is 8.78 Å². The van der Waals surface area contributed by atoms with Gasteiger partial charge in [0, 0.05) is 35.5 Å². The van der Waals surface area contributed by atoms with Crippen LogP contribution in [0.1, 0.15) is 6.42 Å². The Morgan fingerprint density at radius 3 is 2.26 bits per heavy atom. The molecule has 5 rings (SSSR count). The molecule has 2 aromatic heterocycles. The van der Waals surface area contributed by atoms with Gasteiger partial charge >= 0.3 is 0 Å². The number of benzene rings is 2. The number of hydrogen-bond acceptors (Lipinski definition) is 2. The molecule has 4 nitrogen and oxygen atoms in total. The molecule has 2 aromatic carbocycles. The highest BCUT2D eigenvalue weighted by Crippen LogP contribution is 2.29. The number of rotatable bonds is 1. The number of aromatic nitrogens is 2. The summed E-state index contributed by atoms with van der Waals surface area (Å²) >= 11 is 0. The van der Waals surface area contributed by atoms with Crippen LogP contribution in [-0.4, -0.2) is 9.13 Å². The number of halogens is 2. The third kappa shape index (κ3) is 2.26. The second kappa shape index (κ2) is 5.61. The normalized spacial score (nSPS) is 13.4. The largest absolute Gasteiger partial charge is 0.306 e. The second-order valence-electron chi connectivity index (χ2n) is 6.76. The van der Waals surface area contributed by atoms with E-state index in [1.54, 1.807) is 21.3 Å². The van der Waals surface area contributed by atoms with Crippen LogP contribution in [-0.2, 0) is 13.1 Å². The lowest BCUT2D eigenvalue weighted by atomic mass is 10.0. The Hall–Kier alpha value is -3.28. The van der Waals surface area contributed by atoms with Crippen molar-refractivity contribution in [3.8, 4) is 11.1 Å². The lowest BCUT2D eigenvalue weighted by Crippen LogP contribution is -2.22. The number of hydrogen-bond donors (Lipinski definition) is 0. The smallest absolute Gasteiger partial charge is 0.258 e. The molecular weight excluding hydrogens is 350 g/mol. The average Bonchev–Trinajstić information content (AvgIpc) is 2.87. The lowest BCUT2D eigenvalue weighted by molar-refractivity contribution is 0.509. The van der Waals surface area contributed by atoms with Gasteiger partial charge < -0.3 is 9.13 Å². The number of pyridine rings is 2. The van der Waals surface area contributed by atoms with Crippen molar-refractivity contribution in [1.29, 1.82) is 0 Å². The molecule has 0 radical (unpaired) electrons. The minimum absolute atomic E-state index is 0.0967. The van der Waals surface area contributed by atoms with Crippen molar-refractivity contribution in [2.24, 2.45) is 0 Å². The minimum Gasteiger partial charge on any atom is -0.306 e. The zero-order valence-corrected chi connectivity index (χ0v) is 14.2. The summed E-state index contributed by atoms with van der Waals surface area (Å²) in [6.07, 6.45) is 0.629. The van der Waals surface area contributed by atoms with Crippen molar-refractivity contribution in [3.05, 3.63) is 80.9 Å². The highest BCUT2D eigenvalue weighted by molar-refractivity contribution is 6.04. The Morgan fingerprint density at radius 1 is 0.741 bits per heavy atom. The summed E-state index contributed by atoms with van der Waals surface area (Å²) < 4.78 is 30.4. The molecule has 3 heterocycles. The van der Waals surface area contributed by atoms with Gasteiger partial charge in [0.2, 0.25) is 0 Å². The van der Waals surface area contributed by atoms with Gasteiger partial charge in [-0.1, -0.05) is 18.2 Å². The van der Waals surface area contributed by atoms with Crippen LogP contribution in [0, 0.1) is 11.6 Å². The van der Waals surface area contributed by atoms with E-state index in [0.717, 1.165) is 28.4 Å².